The topological polar surface area (TPSA) is 105 Å². The summed E-state index contributed by atoms with van der Waals surface area (Å²) in [5.74, 6) is -1.48. The Hall–Kier alpha value is -4.20. The molecule has 0 aromatic heterocycles. The fraction of sp³-hybridized carbons (Fsp3) is 0.167. The molecule has 0 amide bonds. The normalized spacial score (nSPS) is 10.7. The number of hydrogen-bond donors (Lipinski definition) is 0. The second kappa shape index (κ2) is 12.5. The molecule has 0 bridgehead atoms. The number of esters is 4. The third-order valence-corrected chi connectivity index (χ3v) is 3.98. The van der Waals surface area contributed by atoms with Crippen LogP contribution in [-0.2, 0) is 28.7 Å². The number of rotatable bonds is 9. The van der Waals surface area contributed by atoms with Gasteiger partial charge < -0.3 is 18.9 Å². The first-order valence-corrected chi connectivity index (χ1v) is 9.53. The van der Waals surface area contributed by atoms with Gasteiger partial charge in [0.25, 0.3) is 0 Å². The molecule has 2 aromatic rings. The second-order valence-electron chi connectivity index (χ2n) is 6.30. The molecule has 166 valence electrons. The van der Waals surface area contributed by atoms with Gasteiger partial charge in [-0.3, -0.25) is 9.59 Å². The van der Waals surface area contributed by atoms with Crippen LogP contribution in [0, 0.1) is 0 Å². The van der Waals surface area contributed by atoms with Crippen LogP contribution in [0.5, 0.6) is 11.5 Å². The summed E-state index contributed by atoms with van der Waals surface area (Å²) >= 11 is 0. The third kappa shape index (κ3) is 8.66. The molecule has 0 aliphatic rings. The van der Waals surface area contributed by atoms with E-state index in [4.69, 9.17) is 9.47 Å². The van der Waals surface area contributed by atoms with Gasteiger partial charge in [0.2, 0.25) is 0 Å². The van der Waals surface area contributed by atoms with E-state index in [1.54, 1.807) is 60.7 Å². The largest absolute Gasteiger partial charge is 0.466 e. The van der Waals surface area contributed by atoms with Gasteiger partial charge in [-0.1, -0.05) is 24.3 Å². The van der Waals surface area contributed by atoms with Crippen LogP contribution in [0.3, 0.4) is 0 Å². The summed E-state index contributed by atoms with van der Waals surface area (Å²) in [6.07, 6.45) is 5.38. The molecule has 0 spiro atoms. The van der Waals surface area contributed by atoms with E-state index >= 15 is 0 Å². The van der Waals surface area contributed by atoms with E-state index in [0.29, 0.717) is 11.5 Å². The van der Waals surface area contributed by atoms with Crippen LogP contribution in [0.25, 0.3) is 12.2 Å². The molecule has 0 saturated carbocycles. The summed E-state index contributed by atoms with van der Waals surface area (Å²) in [6, 6.07) is 13.0. The average molecular weight is 438 g/mol. The van der Waals surface area contributed by atoms with Gasteiger partial charge in [0.05, 0.1) is 27.1 Å². The molecule has 0 atom stereocenters. The summed E-state index contributed by atoms with van der Waals surface area (Å²) in [6.45, 7) is 0. The molecule has 0 heterocycles. The van der Waals surface area contributed by atoms with E-state index in [2.05, 4.69) is 9.47 Å². The highest BCUT2D eigenvalue weighted by Gasteiger charge is 2.11. The van der Waals surface area contributed by atoms with Gasteiger partial charge in [-0.2, -0.15) is 0 Å². The van der Waals surface area contributed by atoms with Crippen LogP contribution in [0.4, 0.5) is 0 Å². The summed E-state index contributed by atoms with van der Waals surface area (Å²) < 4.78 is 19.4. The smallest absolute Gasteiger partial charge is 0.330 e. The Morgan fingerprint density at radius 3 is 1.28 bits per heavy atom. The SMILES string of the molecule is COC(=O)/C=C/c1ccc(OC(=O)CCC(=O)Oc2ccc(/C=C/C(=O)OC)cc2)cc1. The van der Waals surface area contributed by atoms with E-state index in [1.807, 2.05) is 0 Å². The van der Waals surface area contributed by atoms with Gasteiger partial charge in [-0.25, -0.2) is 9.59 Å². The lowest BCUT2D eigenvalue weighted by atomic mass is 10.2. The van der Waals surface area contributed by atoms with Crippen molar-refractivity contribution in [2.24, 2.45) is 0 Å². The maximum Gasteiger partial charge on any atom is 0.330 e. The van der Waals surface area contributed by atoms with Gasteiger partial charge in [-0.15, -0.1) is 0 Å². The van der Waals surface area contributed by atoms with Crippen molar-refractivity contribution < 1.29 is 38.1 Å². The first-order chi connectivity index (χ1) is 15.4. The van der Waals surface area contributed by atoms with Crippen LogP contribution in [0.15, 0.2) is 60.7 Å². The maximum absolute atomic E-state index is 12.0. The molecular formula is C24H22O8. The second-order valence-corrected chi connectivity index (χ2v) is 6.30. The molecular weight excluding hydrogens is 416 g/mol. The highest BCUT2D eigenvalue weighted by atomic mass is 16.5. The van der Waals surface area contributed by atoms with Crippen LogP contribution in [0.1, 0.15) is 24.0 Å². The zero-order valence-corrected chi connectivity index (χ0v) is 17.6. The molecule has 0 N–H and O–H groups in total. The first kappa shape index (κ1) is 24.1. The zero-order valence-electron chi connectivity index (χ0n) is 17.6. The fourth-order valence-electron chi connectivity index (χ4n) is 2.33. The minimum absolute atomic E-state index is 0.150. The fourth-order valence-corrected chi connectivity index (χ4v) is 2.33. The molecule has 0 aliphatic carbocycles. The standard InChI is InChI=1S/C24H22O8/c1-29-21(25)13-7-17-3-9-19(10-4-17)31-23(27)15-16-24(28)32-20-11-5-18(6-12-20)8-14-22(26)30-2/h3-14H,15-16H2,1-2H3/b13-7+,14-8+. The Bertz CT molecular complexity index is 918. The lowest BCUT2D eigenvalue weighted by Gasteiger charge is -2.06. The van der Waals surface area contributed by atoms with Gasteiger partial charge in [-0.05, 0) is 47.5 Å². The van der Waals surface area contributed by atoms with Crippen LogP contribution in [0.2, 0.25) is 0 Å². The Labute approximate surface area is 185 Å². The molecule has 2 rings (SSSR count). The Morgan fingerprint density at radius 1 is 0.625 bits per heavy atom. The van der Waals surface area contributed by atoms with Crippen LogP contribution in [-0.4, -0.2) is 38.1 Å². The Kier molecular flexibility index (Phi) is 9.39. The molecule has 0 fully saturated rings. The molecule has 0 radical (unpaired) electrons. The van der Waals surface area contributed by atoms with Gasteiger partial charge >= 0.3 is 23.9 Å². The third-order valence-electron chi connectivity index (χ3n) is 3.98. The molecule has 0 aliphatic heterocycles. The average Bonchev–Trinajstić information content (AvgIpc) is 2.81. The first-order valence-electron chi connectivity index (χ1n) is 9.53. The van der Waals surface area contributed by atoms with Gasteiger partial charge in [0.15, 0.2) is 0 Å². The van der Waals surface area contributed by atoms with Crippen molar-refractivity contribution in [3.63, 3.8) is 0 Å². The number of ether oxygens (including phenoxy) is 4. The number of hydrogen-bond acceptors (Lipinski definition) is 8. The molecule has 8 nitrogen and oxygen atoms in total. The summed E-state index contributed by atoms with van der Waals surface area (Å²) in [4.78, 5) is 46.1. The predicted octanol–water partition coefficient (Wildman–Crippen LogP) is 3.35. The maximum atomic E-state index is 12.0. The highest BCUT2D eigenvalue weighted by molar-refractivity contribution is 5.87. The van der Waals surface area contributed by atoms with Crippen molar-refractivity contribution in [1.29, 1.82) is 0 Å². The highest BCUT2D eigenvalue weighted by Crippen LogP contribution is 2.16. The summed E-state index contributed by atoms with van der Waals surface area (Å²) in [5.41, 5.74) is 1.45. The number of carbonyl (C=O) groups is 4. The predicted molar refractivity (Wildman–Crippen MR) is 115 cm³/mol. The van der Waals surface area contributed by atoms with E-state index in [0.717, 1.165) is 11.1 Å². The number of carbonyl (C=O) groups excluding carboxylic acids is 4. The number of benzene rings is 2. The minimum Gasteiger partial charge on any atom is -0.466 e. The number of methoxy groups -OCH3 is 2. The lowest BCUT2D eigenvalue weighted by molar-refractivity contribution is -0.140. The van der Waals surface area contributed by atoms with Crippen molar-refractivity contribution in [1.82, 2.24) is 0 Å². The van der Waals surface area contributed by atoms with E-state index in [-0.39, 0.29) is 12.8 Å². The van der Waals surface area contributed by atoms with Crippen molar-refractivity contribution in [2.45, 2.75) is 12.8 Å². The Morgan fingerprint density at radius 2 is 0.969 bits per heavy atom. The van der Waals surface area contributed by atoms with E-state index in [1.165, 1.54) is 26.4 Å². The minimum atomic E-state index is -0.580. The molecule has 0 saturated heterocycles. The van der Waals surface area contributed by atoms with E-state index in [9.17, 15) is 19.2 Å². The van der Waals surface area contributed by atoms with Crippen molar-refractivity contribution in [3.05, 3.63) is 71.8 Å². The zero-order chi connectivity index (χ0) is 23.3. The monoisotopic (exact) mass is 438 g/mol. The van der Waals surface area contributed by atoms with Gasteiger partial charge in [0, 0.05) is 12.2 Å². The van der Waals surface area contributed by atoms with Crippen molar-refractivity contribution >= 4 is 36.0 Å². The lowest BCUT2D eigenvalue weighted by Crippen LogP contribution is -2.14. The van der Waals surface area contributed by atoms with Crippen molar-refractivity contribution in [3.8, 4) is 11.5 Å². The van der Waals surface area contributed by atoms with Crippen LogP contribution < -0.4 is 9.47 Å². The Balaban J connectivity index is 1.77. The quantitative estimate of drug-likeness (QED) is 0.333. The molecule has 0 unspecified atom stereocenters. The van der Waals surface area contributed by atoms with E-state index < -0.39 is 23.9 Å². The van der Waals surface area contributed by atoms with Gasteiger partial charge in [0.1, 0.15) is 11.5 Å². The van der Waals surface area contributed by atoms with Crippen LogP contribution >= 0.6 is 0 Å². The molecule has 2 aromatic carbocycles. The van der Waals surface area contributed by atoms with Crippen molar-refractivity contribution in [2.75, 3.05) is 14.2 Å². The summed E-state index contributed by atoms with van der Waals surface area (Å²) in [5, 5.41) is 0. The molecule has 8 heteroatoms. The molecule has 32 heavy (non-hydrogen) atoms. The summed E-state index contributed by atoms with van der Waals surface area (Å²) in [7, 11) is 2.57.